The van der Waals surface area contributed by atoms with Gasteiger partial charge < -0.3 is 4.74 Å². The Morgan fingerprint density at radius 2 is 1.95 bits per heavy atom. The second-order valence-electron chi connectivity index (χ2n) is 5.45. The normalized spacial score (nSPS) is 18.1. The van der Waals surface area contributed by atoms with Crippen molar-refractivity contribution in [2.75, 3.05) is 20.2 Å². The Morgan fingerprint density at radius 3 is 2.52 bits per heavy atom. The summed E-state index contributed by atoms with van der Waals surface area (Å²) in [5.41, 5.74) is 2.16. The Balaban J connectivity index is 1.93. The minimum atomic E-state index is -4.05. The van der Waals surface area contributed by atoms with Crippen LogP contribution in [0.25, 0.3) is 0 Å². The van der Waals surface area contributed by atoms with Crippen molar-refractivity contribution < 1.29 is 17.9 Å². The third-order valence-corrected chi connectivity index (χ3v) is 4.64. The van der Waals surface area contributed by atoms with Gasteiger partial charge in [-0.25, -0.2) is 0 Å². The fourth-order valence-electron chi connectivity index (χ4n) is 2.67. The Hall–Kier alpha value is -0.590. The zero-order chi connectivity index (χ0) is 15.5. The molecule has 1 aliphatic heterocycles. The van der Waals surface area contributed by atoms with Gasteiger partial charge >= 0.3 is 6.18 Å². The number of rotatable bonds is 4. The van der Waals surface area contributed by atoms with Gasteiger partial charge in [0.1, 0.15) is 0 Å². The molecule has 6 heteroatoms. The number of methoxy groups -OCH3 is 1. The molecule has 1 fully saturated rings. The Labute approximate surface area is 131 Å². The van der Waals surface area contributed by atoms with Gasteiger partial charge in [0.2, 0.25) is 0 Å². The molecular formula is C15H19BrF3NO. The van der Waals surface area contributed by atoms with Crippen LogP contribution in [-0.2, 0) is 17.9 Å². The summed E-state index contributed by atoms with van der Waals surface area (Å²) in [7, 11) is 1.64. The number of likely N-dealkylation sites (tertiary alicyclic amines) is 1. The first-order valence-electron chi connectivity index (χ1n) is 6.95. The van der Waals surface area contributed by atoms with E-state index >= 15 is 0 Å². The molecular weight excluding hydrogens is 347 g/mol. The highest BCUT2D eigenvalue weighted by molar-refractivity contribution is 9.10. The zero-order valence-electron chi connectivity index (χ0n) is 11.9. The van der Waals surface area contributed by atoms with E-state index in [1.54, 1.807) is 7.11 Å². The van der Waals surface area contributed by atoms with Gasteiger partial charge in [-0.2, -0.15) is 13.2 Å². The first-order chi connectivity index (χ1) is 9.90. The maximum atomic E-state index is 12.6. The highest BCUT2D eigenvalue weighted by Crippen LogP contribution is 2.34. The molecule has 0 amide bonds. The lowest BCUT2D eigenvalue weighted by Crippen LogP contribution is -2.38. The molecule has 0 saturated carbocycles. The van der Waals surface area contributed by atoms with Crippen LogP contribution in [0, 0.1) is 5.92 Å². The molecule has 0 radical (unpaired) electrons. The van der Waals surface area contributed by atoms with E-state index in [2.05, 4.69) is 20.8 Å². The highest BCUT2D eigenvalue weighted by Gasteiger charge is 2.40. The molecule has 0 aromatic heterocycles. The van der Waals surface area contributed by atoms with Crippen LogP contribution in [0.3, 0.4) is 0 Å². The van der Waals surface area contributed by atoms with Gasteiger partial charge in [-0.3, -0.25) is 4.90 Å². The average molecular weight is 366 g/mol. The van der Waals surface area contributed by atoms with Crippen LogP contribution in [0.1, 0.15) is 24.0 Å². The number of piperidine rings is 1. The number of ether oxygens (including phenoxy) is 1. The largest absolute Gasteiger partial charge is 0.391 e. The predicted molar refractivity (Wildman–Crippen MR) is 78.9 cm³/mol. The van der Waals surface area contributed by atoms with Crippen molar-refractivity contribution >= 4 is 15.9 Å². The highest BCUT2D eigenvalue weighted by atomic mass is 79.9. The monoisotopic (exact) mass is 365 g/mol. The van der Waals surface area contributed by atoms with E-state index in [9.17, 15) is 13.2 Å². The van der Waals surface area contributed by atoms with Gasteiger partial charge in [-0.15, -0.1) is 0 Å². The number of hydrogen-bond donors (Lipinski definition) is 0. The van der Waals surface area contributed by atoms with Gasteiger partial charge in [-0.05, 0) is 43.1 Å². The number of halogens is 4. The fourth-order valence-corrected chi connectivity index (χ4v) is 3.03. The summed E-state index contributed by atoms with van der Waals surface area (Å²) in [5, 5.41) is 0. The predicted octanol–water partition coefficient (Wildman–Crippen LogP) is 4.37. The summed E-state index contributed by atoms with van der Waals surface area (Å²) in [5.74, 6) is -1.14. The van der Waals surface area contributed by atoms with E-state index in [1.807, 2.05) is 18.2 Å². The van der Waals surface area contributed by atoms with Crippen LogP contribution < -0.4 is 0 Å². The van der Waals surface area contributed by atoms with Gasteiger partial charge in [0.25, 0.3) is 0 Å². The summed E-state index contributed by atoms with van der Waals surface area (Å²) < 4.78 is 44.0. The lowest BCUT2D eigenvalue weighted by Gasteiger charge is -2.32. The minimum Gasteiger partial charge on any atom is -0.380 e. The number of hydrogen-bond acceptors (Lipinski definition) is 2. The molecule has 2 nitrogen and oxygen atoms in total. The Morgan fingerprint density at radius 1 is 1.29 bits per heavy atom. The van der Waals surface area contributed by atoms with Crippen LogP contribution >= 0.6 is 15.9 Å². The van der Waals surface area contributed by atoms with Crippen molar-refractivity contribution in [3.05, 3.63) is 33.8 Å². The quantitative estimate of drug-likeness (QED) is 0.785. The van der Waals surface area contributed by atoms with Crippen LogP contribution in [0.5, 0.6) is 0 Å². The second-order valence-corrected chi connectivity index (χ2v) is 6.31. The third-order valence-electron chi connectivity index (χ3n) is 3.87. The topological polar surface area (TPSA) is 12.5 Å². The van der Waals surface area contributed by atoms with Gasteiger partial charge in [0.15, 0.2) is 0 Å². The van der Waals surface area contributed by atoms with E-state index in [-0.39, 0.29) is 12.8 Å². The lowest BCUT2D eigenvalue weighted by atomic mass is 9.96. The molecule has 0 N–H and O–H groups in total. The van der Waals surface area contributed by atoms with Crippen LogP contribution in [0.4, 0.5) is 13.2 Å². The molecule has 0 unspecified atom stereocenters. The van der Waals surface area contributed by atoms with Crippen LogP contribution in [0.2, 0.25) is 0 Å². The molecule has 118 valence electrons. The van der Waals surface area contributed by atoms with Crippen molar-refractivity contribution in [3.8, 4) is 0 Å². The summed E-state index contributed by atoms with van der Waals surface area (Å²) in [6.45, 7) is 2.21. The number of benzene rings is 1. The molecule has 0 bridgehead atoms. The molecule has 1 aromatic rings. The Bertz CT molecular complexity index is 470. The van der Waals surface area contributed by atoms with Crippen molar-refractivity contribution in [3.63, 3.8) is 0 Å². The third kappa shape index (κ3) is 4.69. The molecule has 1 aromatic carbocycles. The van der Waals surface area contributed by atoms with E-state index in [1.165, 1.54) is 0 Å². The molecule has 2 rings (SSSR count). The van der Waals surface area contributed by atoms with Crippen LogP contribution in [-0.4, -0.2) is 31.3 Å². The molecule has 1 saturated heterocycles. The van der Waals surface area contributed by atoms with Crippen LogP contribution in [0.15, 0.2) is 22.7 Å². The first-order valence-corrected chi connectivity index (χ1v) is 7.74. The summed E-state index contributed by atoms with van der Waals surface area (Å²) >= 11 is 3.47. The van der Waals surface area contributed by atoms with E-state index in [4.69, 9.17) is 4.74 Å². The SMILES string of the molecule is COCc1cc(CN2CCC(C(F)(F)F)CC2)ccc1Br. The average Bonchev–Trinajstić information content (AvgIpc) is 2.42. The molecule has 0 spiro atoms. The van der Waals surface area contributed by atoms with Gasteiger partial charge in [0.05, 0.1) is 12.5 Å². The smallest absolute Gasteiger partial charge is 0.380 e. The maximum Gasteiger partial charge on any atom is 0.391 e. The van der Waals surface area contributed by atoms with Crippen molar-refractivity contribution in [2.24, 2.45) is 5.92 Å². The summed E-state index contributed by atoms with van der Waals surface area (Å²) in [6, 6.07) is 6.01. The first kappa shape index (κ1) is 16.8. The lowest BCUT2D eigenvalue weighted by molar-refractivity contribution is -0.185. The zero-order valence-corrected chi connectivity index (χ0v) is 13.5. The van der Waals surface area contributed by atoms with Gasteiger partial charge in [-0.1, -0.05) is 28.1 Å². The molecule has 1 heterocycles. The van der Waals surface area contributed by atoms with E-state index in [0.29, 0.717) is 26.2 Å². The molecule has 21 heavy (non-hydrogen) atoms. The minimum absolute atomic E-state index is 0.199. The number of alkyl halides is 3. The summed E-state index contributed by atoms with van der Waals surface area (Å²) in [4.78, 5) is 2.09. The van der Waals surface area contributed by atoms with E-state index in [0.717, 1.165) is 15.6 Å². The van der Waals surface area contributed by atoms with Crippen molar-refractivity contribution in [2.45, 2.75) is 32.2 Å². The summed E-state index contributed by atoms with van der Waals surface area (Å²) in [6.07, 6.45) is -3.65. The molecule has 0 aliphatic carbocycles. The van der Waals surface area contributed by atoms with Gasteiger partial charge in [0, 0.05) is 18.1 Å². The standard InChI is InChI=1S/C15H19BrF3NO/c1-21-10-12-8-11(2-3-14(12)16)9-20-6-4-13(5-7-20)15(17,18)19/h2-3,8,13H,4-7,9-10H2,1H3. The second kappa shape index (κ2) is 7.11. The fraction of sp³-hybridized carbons (Fsp3) is 0.600. The molecule has 0 atom stereocenters. The maximum absolute atomic E-state index is 12.6. The van der Waals surface area contributed by atoms with E-state index < -0.39 is 12.1 Å². The Kier molecular flexibility index (Phi) is 5.68. The number of nitrogens with zero attached hydrogens (tertiary/aromatic N) is 1. The van der Waals surface area contributed by atoms with Crippen molar-refractivity contribution in [1.82, 2.24) is 4.90 Å². The van der Waals surface area contributed by atoms with Crippen molar-refractivity contribution in [1.29, 1.82) is 0 Å². The molecule has 1 aliphatic rings.